The Hall–Kier alpha value is -4.06. The summed E-state index contributed by atoms with van der Waals surface area (Å²) in [6, 6.07) is 15.5. The maximum atomic E-state index is 13.5. The molecule has 0 aromatic heterocycles. The lowest BCUT2D eigenvalue weighted by Gasteiger charge is -2.25. The van der Waals surface area contributed by atoms with E-state index in [-0.39, 0.29) is 12.0 Å². The Kier molecular flexibility index (Phi) is 8.14. The third-order valence-corrected chi connectivity index (χ3v) is 7.37. The van der Waals surface area contributed by atoms with Crippen LogP contribution < -0.4 is 19.7 Å². The number of urea groups is 1. The number of fused-ring (bicyclic) bond motifs is 1. The summed E-state index contributed by atoms with van der Waals surface area (Å²) in [5.74, 6) is -0.461. The number of nitrogens with one attached hydrogen (secondary N) is 2. The molecule has 0 bridgehead atoms. The van der Waals surface area contributed by atoms with E-state index in [9.17, 15) is 31.2 Å². The zero-order valence-corrected chi connectivity index (χ0v) is 21.7. The lowest BCUT2D eigenvalue weighted by molar-refractivity contribution is -0.137. The van der Waals surface area contributed by atoms with Gasteiger partial charge in [0.1, 0.15) is 11.8 Å². The van der Waals surface area contributed by atoms with Gasteiger partial charge in [-0.15, -0.1) is 0 Å². The fourth-order valence-electron chi connectivity index (χ4n) is 4.17. The number of sulfonamides is 1. The molecule has 0 saturated heterocycles. The highest BCUT2D eigenvalue weighted by atomic mass is 32.2. The predicted octanol–water partition coefficient (Wildman–Crippen LogP) is 4.04. The largest absolute Gasteiger partial charge is 0.493 e. The van der Waals surface area contributed by atoms with Crippen LogP contribution in [0.1, 0.15) is 22.3 Å². The molecule has 0 unspecified atom stereocenters. The van der Waals surface area contributed by atoms with E-state index >= 15 is 0 Å². The van der Waals surface area contributed by atoms with Gasteiger partial charge >= 0.3 is 12.2 Å². The lowest BCUT2D eigenvalue weighted by Crippen LogP contribution is -2.52. The molecular formula is C27H26F3N3O5S. The summed E-state index contributed by atoms with van der Waals surface area (Å²) < 4.78 is 70.8. The molecule has 39 heavy (non-hydrogen) atoms. The first-order valence-corrected chi connectivity index (χ1v) is 13.6. The van der Waals surface area contributed by atoms with Crippen LogP contribution in [0.2, 0.25) is 0 Å². The van der Waals surface area contributed by atoms with Crippen molar-refractivity contribution in [1.82, 2.24) is 10.0 Å². The average Bonchev–Trinajstić information content (AvgIpc) is 3.35. The van der Waals surface area contributed by atoms with Crippen LogP contribution in [0.15, 0.2) is 72.8 Å². The van der Waals surface area contributed by atoms with E-state index in [1.807, 2.05) is 10.8 Å². The predicted molar refractivity (Wildman–Crippen MR) is 139 cm³/mol. The Balaban J connectivity index is 1.47. The molecule has 2 N–H and O–H groups in total. The molecular weight excluding hydrogens is 535 g/mol. The van der Waals surface area contributed by atoms with Gasteiger partial charge in [-0.2, -0.15) is 13.2 Å². The van der Waals surface area contributed by atoms with E-state index in [1.165, 1.54) is 4.90 Å². The molecule has 1 atom stereocenters. The third-order valence-electron chi connectivity index (χ3n) is 6.16. The van der Waals surface area contributed by atoms with E-state index in [2.05, 4.69) is 5.32 Å². The quantitative estimate of drug-likeness (QED) is 0.432. The normalized spacial score (nSPS) is 13.6. The van der Waals surface area contributed by atoms with Crippen LogP contribution in [-0.2, 0) is 39.6 Å². The second-order valence-corrected chi connectivity index (χ2v) is 10.8. The molecule has 1 heterocycles. The minimum atomic E-state index is -4.56. The SMILES string of the molecule is CN(C(=O)[C@H](Cc1ccccc1)NC(=O)NS(=O)(=O)Cc1ccc(C(F)(F)F)cc1)c1ccc2c(c1)CCO2. The van der Waals surface area contributed by atoms with Crippen molar-refractivity contribution in [3.63, 3.8) is 0 Å². The Bertz CT molecular complexity index is 1450. The maximum Gasteiger partial charge on any atom is 0.416 e. The number of carbonyl (C=O) groups excluding carboxylic acids is 2. The first kappa shape index (κ1) is 28.0. The molecule has 0 aliphatic carbocycles. The number of halogens is 3. The van der Waals surface area contributed by atoms with Crippen LogP contribution in [0.3, 0.4) is 0 Å². The van der Waals surface area contributed by atoms with Crippen molar-refractivity contribution < 1.29 is 35.9 Å². The van der Waals surface area contributed by atoms with Gasteiger partial charge in [-0.3, -0.25) is 4.79 Å². The van der Waals surface area contributed by atoms with Crippen molar-refractivity contribution in [2.45, 2.75) is 30.8 Å². The number of hydrogen-bond donors (Lipinski definition) is 2. The summed E-state index contributed by atoms with van der Waals surface area (Å²) >= 11 is 0. The highest BCUT2D eigenvalue weighted by Gasteiger charge is 2.31. The van der Waals surface area contributed by atoms with E-state index in [1.54, 1.807) is 49.5 Å². The van der Waals surface area contributed by atoms with Crippen LogP contribution in [0.25, 0.3) is 0 Å². The number of hydrogen-bond acceptors (Lipinski definition) is 5. The number of rotatable bonds is 8. The molecule has 0 spiro atoms. The minimum absolute atomic E-state index is 0.0561. The van der Waals surface area contributed by atoms with Gasteiger partial charge in [0.15, 0.2) is 0 Å². The number of alkyl halides is 3. The van der Waals surface area contributed by atoms with Crippen molar-refractivity contribution in [3.8, 4) is 5.75 Å². The van der Waals surface area contributed by atoms with Crippen molar-refractivity contribution >= 4 is 27.6 Å². The molecule has 1 aliphatic rings. The van der Waals surface area contributed by atoms with Crippen molar-refractivity contribution in [2.75, 3.05) is 18.6 Å². The number of likely N-dealkylation sites (N-methyl/N-ethyl adjacent to an activating group) is 1. The van der Waals surface area contributed by atoms with Gasteiger partial charge in [0, 0.05) is 25.6 Å². The summed E-state index contributed by atoms with van der Waals surface area (Å²) in [4.78, 5) is 27.6. The topological polar surface area (TPSA) is 105 Å². The van der Waals surface area contributed by atoms with Crippen LogP contribution in [0.4, 0.5) is 23.7 Å². The molecule has 3 amide bonds. The Morgan fingerprint density at radius 3 is 2.36 bits per heavy atom. The fourth-order valence-corrected chi connectivity index (χ4v) is 5.21. The van der Waals surface area contributed by atoms with Crippen LogP contribution in [0, 0.1) is 0 Å². The summed E-state index contributed by atoms with van der Waals surface area (Å²) in [6.45, 7) is 0.551. The number of benzene rings is 3. The van der Waals surface area contributed by atoms with Crippen molar-refractivity contribution in [3.05, 3.63) is 95.1 Å². The molecule has 0 radical (unpaired) electrons. The summed E-state index contributed by atoms with van der Waals surface area (Å²) in [5, 5.41) is 2.45. The van der Waals surface area contributed by atoms with Crippen LogP contribution in [-0.4, -0.2) is 40.1 Å². The highest BCUT2D eigenvalue weighted by Crippen LogP contribution is 2.30. The van der Waals surface area contributed by atoms with Gasteiger partial charge in [-0.25, -0.2) is 17.9 Å². The second-order valence-electron chi connectivity index (χ2n) is 9.06. The molecule has 8 nitrogen and oxygen atoms in total. The van der Waals surface area contributed by atoms with Gasteiger partial charge < -0.3 is 15.0 Å². The summed E-state index contributed by atoms with van der Waals surface area (Å²) in [7, 11) is -2.73. The number of carbonyl (C=O) groups is 2. The third kappa shape index (κ3) is 7.29. The van der Waals surface area contributed by atoms with Crippen molar-refractivity contribution in [1.29, 1.82) is 0 Å². The van der Waals surface area contributed by atoms with Gasteiger partial charge in [0.25, 0.3) is 0 Å². The number of anilines is 1. The number of amides is 3. The standard InChI is InChI=1S/C27H26F3N3O5S/c1-33(22-11-12-24-20(16-22)13-14-38-24)25(34)23(15-18-5-3-2-4-6-18)31-26(35)32-39(36,37)17-19-7-9-21(10-8-19)27(28,29)30/h2-12,16,23H,13-15,17H2,1H3,(H2,31,32,35)/t23-/m0/s1. The highest BCUT2D eigenvalue weighted by molar-refractivity contribution is 7.89. The van der Waals surface area contributed by atoms with Gasteiger partial charge in [-0.05, 0) is 47.0 Å². The van der Waals surface area contributed by atoms with Crippen molar-refractivity contribution in [2.24, 2.45) is 0 Å². The lowest BCUT2D eigenvalue weighted by atomic mass is 10.0. The van der Waals surface area contributed by atoms with E-state index in [0.29, 0.717) is 18.7 Å². The van der Waals surface area contributed by atoms with E-state index < -0.39 is 45.5 Å². The molecule has 12 heteroatoms. The number of nitrogens with zero attached hydrogens (tertiary/aromatic N) is 1. The molecule has 3 aromatic rings. The Labute approximate surface area is 223 Å². The van der Waals surface area contributed by atoms with Crippen LogP contribution in [0.5, 0.6) is 5.75 Å². The molecule has 206 valence electrons. The maximum absolute atomic E-state index is 13.5. The summed E-state index contributed by atoms with van der Waals surface area (Å²) in [6.07, 6.45) is -3.77. The number of ether oxygens (including phenoxy) is 1. The zero-order chi connectivity index (χ0) is 28.2. The zero-order valence-electron chi connectivity index (χ0n) is 20.9. The Morgan fingerprint density at radius 2 is 1.69 bits per heavy atom. The molecule has 1 aliphatic heterocycles. The summed E-state index contributed by atoms with van der Waals surface area (Å²) in [5.41, 5.74) is 1.41. The Morgan fingerprint density at radius 1 is 1.00 bits per heavy atom. The monoisotopic (exact) mass is 561 g/mol. The second kappa shape index (κ2) is 11.4. The average molecular weight is 562 g/mol. The molecule has 0 fully saturated rings. The molecule has 3 aromatic carbocycles. The smallest absolute Gasteiger partial charge is 0.416 e. The first-order valence-electron chi connectivity index (χ1n) is 12.0. The van der Waals surface area contributed by atoms with Gasteiger partial charge in [0.2, 0.25) is 15.9 Å². The fraction of sp³-hybridized carbons (Fsp3) is 0.259. The molecule has 0 saturated carbocycles. The van der Waals surface area contributed by atoms with E-state index in [4.69, 9.17) is 4.74 Å². The first-order chi connectivity index (χ1) is 18.4. The van der Waals surface area contributed by atoms with E-state index in [0.717, 1.165) is 41.1 Å². The van der Waals surface area contributed by atoms with Gasteiger partial charge in [0.05, 0.1) is 17.9 Å². The minimum Gasteiger partial charge on any atom is -0.493 e. The van der Waals surface area contributed by atoms with Gasteiger partial charge in [-0.1, -0.05) is 42.5 Å². The van der Waals surface area contributed by atoms with Crippen LogP contribution >= 0.6 is 0 Å². The molecule has 4 rings (SSSR count).